The maximum absolute atomic E-state index is 4.63. The Morgan fingerprint density at radius 3 is 2.25 bits per heavy atom. The molecular weight excluding hydrogens is 246 g/mol. The fraction of sp³-hybridized carbons (Fsp3) is 0.706. The maximum atomic E-state index is 4.63. The van der Waals surface area contributed by atoms with E-state index in [1.54, 1.807) is 0 Å². The van der Waals surface area contributed by atoms with Gasteiger partial charge in [-0.1, -0.05) is 33.8 Å². The van der Waals surface area contributed by atoms with Gasteiger partial charge in [-0.2, -0.15) is 0 Å². The molecule has 0 aliphatic carbocycles. The summed E-state index contributed by atoms with van der Waals surface area (Å²) in [6, 6.07) is 4.40. The third-order valence-electron chi connectivity index (χ3n) is 4.16. The SMILES string of the molecule is CC(C)CCN1CCN(c2ccc(C(C)C)cn2)CC1. The lowest BCUT2D eigenvalue weighted by atomic mass is 10.1. The molecule has 1 fully saturated rings. The first kappa shape index (κ1) is 15.3. The van der Waals surface area contributed by atoms with E-state index in [-0.39, 0.29) is 0 Å². The van der Waals surface area contributed by atoms with Crippen molar-refractivity contribution in [2.45, 2.75) is 40.0 Å². The molecule has 2 heterocycles. The van der Waals surface area contributed by atoms with Gasteiger partial charge in [-0.15, -0.1) is 0 Å². The summed E-state index contributed by atoms with van der Waals surface area (Å²) in [6.07, 6.45) is 3.34. The van der Waals surface area contributed by atoms with E-state index in [1.165, 1.54) is 31.6 Å². The molecule has 0 atom stereocenters. The van der Waals surface area contributed by atoms with Crippen molar-refractivity contribution in [3.63, 3.8) is 0 Å². The molecule has 20 heavy (non-hydrogen) atoms. The van der Waals surface area contributed by atoms with E-state index in [9.17, 15) is 0 Å². The molecule has 112 valence electrons. The van der Waals surface area contributed by atoms with Crippen LogP contribution >= 0.6 is 0 Å². The molecule has 0 bridgehead atoms. The van der Waals surface area contributed by atoms with Gasteiger partial charge < -0.3 is 4.90 Å². The van der Waals surface area contributed by atoms with Crippen molar-refractivity contribution >= 4 is 5.82 Å². The van der Waals surface area contributed by atoms with Gasteiger partial charge in [-0.05, 0) is 36.4 Å². The lowest BCUT2D eigenvalue weighted by Crippen LogP contribution is -2.47. The van der Waals surface area contributed by atoms with Crippen molar-refractivity contribution in [3.05, 3.63) is 23.9 Å². The molecule has 0 aromatic carbocycles. The zero-order valence-electron chi connectivity index (χ0n) is 13.5. The number of rotatable bonds is 5. The van der Waals surface area contributed by atoms with Crippen LogP contribution in [0.1, 0.15) is 45.6 Å². The first-order valence-corrected chi connectivity index (χ1v) is 7.99. The number of hydrogen-bond acceptors (Lipinski definition) is 3. The van der Waals surface area contributed by atoms with Crippen molar-refractivity contribution in [2.75, 3.05) is 37.6 Å². The molecule has 2 rings (SSSR count). The van der Waals surface area contributed by atoms with Crippen molar-refractivity contribution in [1.82, 2.24) is 9.88 Å². The maximum Gasteiger partial charge on any atom is 0.128 e. The third-order valence-corrected chi connectivity index (χ3v) is 4.16. The minimum absolute atomic E-state index is 0.560. The second-order valence-corrected chi connectivity index (χ2v) is 6.62. The lowest BCUT2D eigenvalue weighted by molar-refractivity contribution is 0.243. The largest absolute Gasteiger partial charge is 0.354 e. The van der Waals surface area contributed by atoms with E-state index in [0.29, 0.717) is 5.92 Å². The van der Waals surface area contributed by atoms with Crippen LogP contribution in [0, 0.1) is 5.92 Å². The number of aromatic nitrogens is 1. The predicted molar refractivity (Wildman–Crippen MR) is 86.4 cm³/mol. The first-order valence-electron chi connectivity index (χ1n) is 7.99. The van der Waals surface area contributed by atoms with Crippen LogP contribution in [0.15, 0.2) is 18.3 Å². The molecule has 1 aromatic heterocycles. The Balaban J connectivity index is 1.84. The molecule has 0 saturated carbocycles. The Kier molecular flexibility index (Phi) is 5.41. The molecule has 0 unspecified atom stereocenters. The van der Waals surface area contributed by atoms with Gasteiger partial charge in [0.15, 0.2) is 0 Å². The van der Waals surface area contributed by atoms with Crippen LogP contribution in [0.5, 0.6) is 0 Å². The summed E-state index contributed by atoms with van der Waals surface area (Å²) in [5.74, 6) is 2.50. The van der Waals surface area contributed by atoms with Crippen LogP contribution in [0.25, 0.3) is 0 Å². The van der Waals surface area contributed by atoms with Gasteiger partial charge in [-0.25, -0.2) is 4.98 Å². The molecule has 1 aromatic rings. The van der Waals surface area contributed by atoms with Gasteiger partial charge in [-0.3, -0.25) is 4.90 Å². The summed E-state index contributed by atoms with van der Waals surface area (Å²) in [7, 11) is 0. The Hall–Kier alpha value is -1.09. The van der Waals surface area contributed by atoms with E-state index in [4.69, 9.17) is 0 Å². The Labute approximate surface area is 124 Å². The number of anilines is 1. The first-order chi connectivity index (χ1) is 9.56. The fourth-order valence-electron chi connectivity index (χ4n) is 2.57. The van der Waals surface area contributed by atoms with E-state index in [2.05, 4.69) is 54.6 Å². The van der Waals surface area contributed by atoms with Gasteiger partial charge in [0.05, 0.1) is 0 Å². The molecule has 3 nitrogen and oxygen atoms in total. The molecule has 0 N–H and O–H groups in total. The topological polar surface area (TPSA) is 19.4 Å². The highest BCUT2D eigenvalue weighted by atomic mass is 15.3. The van der Waals surface area contributed by atoms with E-state index in [1.807, 2.05) is 6.20 Å². The van der Waals surface area contributed by atoms with Crippen molar-refractivity contribution < 1.29 is 0 Å². The van der Waals surface area contributed by atoms with Gasteiger partial charge in [0.25, 0.3) is 0 Å². The molecule has 3 heteroatoms. The van der Waals surface area contributed by atoms with Crippen molar-refractivity contribution in [1.29, 1.82) is 0 Å². The summed E-state index contributed by atoms with van der Waals surface area (Å²) in [4.78, 5) is 9.63. The average molecular weight is 275 g/mol. The van der Waals surface area contributed by atoms with Crippen LogP contribution in [-0.2, 0) is 0 Å². The third kappa shape index (κ3) is 4.20. The predicted octanol–water partition coefficient (Wildman–Crippen LogP) is 3.37. The molecule has 1 aliphatic heterocycles. The fourth-order valence-corrected chi connectivity index (χ4v) is 2.57. The summed E-state index contributed by atoms with van der Waals surface area (Å²) in [5, 5.41) is 0. The van der Waals surface area contributed by atoms with Crippen LogP contribution in [0.2, 0.25) is 0 Å². The second-order valence-electron chi connectivity index (χ2n) is 6.62. The van der Waals surface area contributed by atoms with Crippen LogP contribution in [0.3, 0.4) is 0 Å². The summed E-state index contributed by atoms with van der Waals surface area (Å²) in [5.41, 5.74) is 1.32. The summed E-state index contributed by atoms with van der Waals surface area (Å²) < 4.78 is 0. The molecule has 0 amide bonds. The second kappa shape index (κ2) is 7.07. The zero-order valence-corrected chi connectivity index (χ0v) is 13.5. The Bertz CT molecular complexity index is 389. The number of nitrogens with zero attached hydrogens (tertiary/aromatic N) is 3. The van der Waals surface area contributed by atoms with Crippen molar-refractivity contribution in [2.24, 2.45) is 5.92 Å². The average Bonchev–Trinajstić information content (AvgIpc) is 2.46. The normalized spacial score (nSPS) is 17.2. The molecule has 1 aliphatic rings. The molecule has 0 spiro atoms. The highest BCUT2D eigenvalue weighted by molar-refractivity contribution is 5.40. The van der Waals surface area contributed by atoms with Gasteiger partial charge in [0, 0.05) is 32.4 Å². The highest BCUT2D eigenvalue weighted by Crippen LogP contribution is 2.18. The quantitative estimate of drug-likeness (QED) is 0.821. The summed E-state index contributed by atoms with van der Waals surface area (Å²) >= 11 is 0. The minimum atomic E-state index is 0.560. The Morgan fingerprint density at radius 1 is 1.05 bits per heavy atom. The van der Waals surface area contributed by atoms with E-state index < -0.39 is 0 Å². The molecule has 0 radical (unpaired) electrons. The van der Waals surface area contributed by atoms with E-state index in [0.717, 1.165) is 24.8 Å². The smallest absolute Gasteiger partial charge is 0.128 e. The Morgan fingerprint density at radius 2 is 1.75 bits per heavy atom. The van der Waals surface area contributed by atoms with Crippen LogP contribution < -0.4 is 4.90 Å². The van der Waals surface area contributed by atoms with Gasteiger partial charge in [0.2, 0.25) is 0 Å². The highest BCUT2D eigenvalue weighted by Gasteiger charge is 2.17. The van der Waals surface area contributed by atoms with E-state index >= 15 is 0 Å². The summed E-state index contributed by atoms with van der Waals surface area (Å²) in [6.45, 7) is 14.8. The van der Waals surface area contributed by atoms with Crippen molar-refractivity contribution in [3.8, 4) is 0 Å². The molecular formula is C17H29N3. The number of pyridine rings is 1. The van der Waals surface area contributed by atoms with Gasteiger partial charge >= 0.3 is 0 Å². The van der Waals surface area contributed by atoms with Crippen LogP contribution in [-0.4, -0.2) is 42.6 Å². The standard InChI is InChI=1S/C17H29N3/c1-14(2)7-8-19-9-11-20(12-10-19)17-6-5-16(13-18-17)15(3)4/h5-6,13-15H,7-12H2,1-4H3. The minimum Gasteiger partial charge on any atom is -0.354 e. The molecule has 1 saturated heterocycles. The number of piperazine rings is 1. The van der Waals surface area contributed by atoms with Crippen LogP contribution in [0.4, 0.5) is 5.82 Å². The zero-order chi connectivity index (χ0) is 14.5. The number of hydrogen-bond donors (Lipinski definition) is 0. The lowest BCUT2D eigenvalue weighted by Gasteiger charge is -2.35. The van der Waals surface area contributed by atoms with Gasteiger partial charge in [0.1, 0.15) is 5.82 Å². The monoisotopic (exact) mass is 275 g/mol.